The Morgan fingerprint density at radius 3 is 1.65 bits per heavy atom. The van der Waals surface area contributed by atoms with E-state index >= 15 is 0 Å². The Morgan fingerprint density at radius 1 is 0.731 bits per heavy atom. The quantitative estimate of drug-likeness (QED) is 0.790. The number of hydrogen-bond donors (Lipinski definition) is 0. The van der Waals surface area contributed by atoms with Crippen LogP contribution >= 0.6 is 0 Å². The first-order chi connectivity index (χ1) is 12.7. The molecule has 0 radical (unpaired) electrons. The van der Waals surface area contributed by atoms with E-state index in [0.717, 1.165) is 36.8 Å². The standard InChI is InChI=1S/C22H26N2O2/c25-21(23-15-9-1-2-10-16-23)22(26)24(17-19-11-5-3-6-12-19)18-20-13-7-4-8-14-20/h3-8,11-14H,1-2,9-10,15-18H2. The van der Waals surface area contributed by atoms with Gasteiger partial charge in [-0.2, -0.15) is 0 Å². The number of carbonyl (C=O) groups is 2. The lowest BCUT2D eigenvalue weighted by atomic mass is 10.1. The lowest BCUT2D eigenvalue weighted by Crippen LogP contribution is -2.45. The summed E-state index contributed by atoms with van der Waals surface area (Å²) in [5.74, 6) is -0.765. The maximum Gasteiger partial charge on any atom is 0.312 e. The second-order valence-electron chi connectivity index (χ2n) is 6.84. The minimum absolute atomic E-state index is 0.362. The fourth-order valence-corrected chi connectivity index (χ4v) is 3.35. The molecular formula is C22H26N2O2. The van der Waals surface area contributed by atoms with Crippen LogP contribution in [0.3, 0.4) is 0 Å². The first-order valence-corrected chi connectivity index (χ1v) is 9.40. The van der Waals surface area contributed by atoms with Gasteiger partial charge in [-0.1, -0.05) is 73.5 Å². The van der Waals surface area contributed by atoms with E-state index in [1.807, 2.05) is 60.7 Å². The third-order valence-electron chi connectivity index (χ3n) is 4.80. The monoisotopic (exact) mass is 350 g/mol. The molecule has 2 aromatic rings. The van der Waals surface area contributed by atoms with Gasteiger partial charge in [-0.25, -0.2) is 0 Å². The molecule has 0 aliphatic carbocycles. The summed E-state index contributed by atoms with van der Waals surface area (Å²) >= 11 is 0. The Balaban J connectivity index is 1.76. The summed E-state index contributed by atoms with van der Waals surface area (Å²) in [5, 5.41) is 0. The largest absolute Gasteiger partial charge is 0.334 e. The molecule has 1 heterocycles. The van der Waals surface area contributed by atoms with Crippen molar-refractivity contribution in [2.24, 2.45) is 0 Å². The van der Waals surface area contributed by atoms with Gasteiger partial charge in [0.05, 0.1) is 0 Å². The number of benzene rings is 2. The Hall–Kier alpha value is -2.62. The Morgan fingerprint density at radius 2 is 1.19 bits per heavy atom. The molecule has 4 heteroatoms. The van der Waals surface area contributed by atoms with Crippen molar-refractivity contribution in [2.75, 3.05) is 13.1 Å². The molecule has 26 heavy (non-hydrogen) atoms. The lowest BCUT2D eigenvalue weighted by Gasteiger charge is -2.26. The van der Waals surface area contributed by atoms with Crippen LogP contribution in [0, 0.1) is 0 Å². The van der Waals surface area contributed by atoms with Crippen molar-refractivity contribution in [1.29, 1.82) is 0 Å². The molecule has 136 valence electrons. The summed E-state index contributed by atoms with van der Waals surface area (Å²) in [4.78, 5) is 29.2. The van der Waals surface area contributed by atoms with Gasteiger partial charge < -0.3 is 9.80 Å². The molecule has 0 aromatic heterocycles. The molecule has 1 saturated heterocycles. The average molecular weight is 350 g/mol. The van der Waals surface area contributed by atoms with Crippen LogP contribution in [0.5, 0.6) is 0 Å². The van der Waals surface area contributed by atoms with Gasteiger partial charge in [-0.3, -0.25) is 9.59 Å². The van der Waals surface area contributed by atoms with Gasteiger partial charge in [-0.05, 0) is 24.0 Å². The van der Waals surface area contributed by atoms with Crippen molar-refractivity contribution < 1.29 is 9.59 Å². The van der Waals surface area contributed by atoms with Crippen molar-refractivity contribution in [3.05, 3.63) is 71.8 Å². The van der Waals surface area contributed by atoms with Gasteiger partial charge >= 0.3 is 11.8 Å². The van der Waals surface area contributed by atoms with Gasteiger partial charge in [0.1, 0.15) is 0 Å². The molecule has 0 atom stereocenters. The zero-order valence-electron chi connectivity index (χ0n) is 15.1. The minimum atomic E-state index is -0.403. The van der Waals surface area contributed by atoms with Crippen LogP contribution in [0.2, 0.25) is 0 Å². The van der Waals surface area contributed by atoms with Crippen LogP contribution in [-0.4, -0.2) is 34.7 Å². The highest BCUT2D eigenvalue weighted by Crippen LogP contribution is 2.14. The van der Waals surface area contributed by atoms with Gasteiger partial charge in [-0.15, -0.1) is 0 Å². The highest BCUT2D eigenvalue weighted by Gasteiger charge is 2.27. The first-order valence-electron chi connectivity index (χ1n) is 9.40. The lowest BCUT2D eigenvalue weighted by molar-refractivity contribution is -0.152. The van der Waals surface area contributed by atoms with Gasteiger partial charge in [0.15, 0.2) is 0 Å². The fraction of sp³-hybridized carbons (Fsp3) is 0.364. The molecule has 0 saturated carbocycles. The summed E-state index contributed by atoms with van der Waals surface area (Å²) < 4.78 is 0. The van der Waals surface area contributed by atoms with Gasteiger partial charge in [0.25, 0.3) is 0 Å². The zero-order chi connectivity index (χ0) is 18.2. The molecule has 0 bridgehead atoms. The van der Waals surface area contributed by atoms with Crippen molar-refractivity contribution in [1.82, 2.24) is 9.80 Å². The third-order valence-corrected chi connectivity index (χ3v) is 4.80. The maximum atomic E-state index is 13.0. The van der Waals surface area contributed by atoms with E-state index in [9.17, 15) is 9.59 Å². The van der Waals surface area contributed by atoms with Gasteiger partial charge in [0, 0.05) is 26.2 Å². The molecule has 2 aromatic carbocycles. The smallest absolute Gasteiger partial charge is 0.312 e. The van der Waals surface area contributed by atoms with Crippen molar-refractivity contribution in [3.63, 3.8) is 0 Å². The average Bonchev–Trinajstić information content (AvgIpc) is 2.97. The second-order valence-corrected chi connectivity index (χ2v) is 6.84. The van der Waals surface area contributed by atoms with E-state index in [2.05, 4.69) is 0 Å². The molecule has 2 amide bonds. The summed E-state index contributed by atoms with van der Waals surface area (Å²) in [5.41, 5.74) is 2.06. The molecule has 0 spiro atoms. The first kappa shape index (κ1) is 18.2. The molecule has 1 aliphatic heterocycles. The van der Waals surface area contributed by atoms with Crippen molar-refractivity contribution >= 4 is 11.8 Å². The molecular weight excluding hydrogens is 324 g/mol. The normalized spacial score (nSPS) is 14.5. The van der Waals surface area contributed by atoms with Gasteiger partial charge in [0.2, 0.25) is 0 Å². The van der Waals surface area contributed by atoms with E-state index in [-0.39, 0.29) is 5.91 Å². The van der Waals surface area contributed by atoms with E-state index in [1.165, 1.54) is 0 Å². The van der Waals surface area contributed by atoms with E-state index in [4.69, 9.17) is 0 Å². The Labute approximate surface area is 155 Å². The minimum Gasteiger partial charge on any atom is -0.334 e. The van der Waals surface area contributed by atoms with Crippen molar-refractivity contribution in [3.8, 4) is 0 Å². The number of amides is 2. The predicted octanol–water partition coefficient (Wildman–Crippen LogP) is 3.62. The molecule has 1 aliphatic rings. The van der Waals surface area contributed by atoms with Crippen molar-refractivity contribution in [2.45, 2.75) is 38.8 Å². The molecule has 1 fully saturated rings. The van der Waals surface area contributed by atoms with E-state index in [0.29, 0.717) is 26.2 Å². The van der Waals surface area contributed by atoms with Crippen LogP contribution in [0.25, 0.3) is 0 Å². The summed E-state index contributed by atoms with van der Waals surface area (Å²) in [6.45, 7) is 2.26. The molecule has 4 nitrogen and oxygen atoms in total. The van der Waals surface area contributed by atoms with E-state index in [1.54, 1.807) is 9.80 Å². The topological polar surface area (TPSA) is 40.6 Å². The van der Waals surface area contributed by atoms with Crippen LogP contribution < -0.4 is 0 Å². The summed E-state index contributed by atoms with van der Waals surface area (Å²) in [7, 11) is 0. The van der Waals surface area contributed by atoms with E-state index < -0.39 is 5.91 Å². The third kappa shape index (κ3) is 4.94. The molecule has 0 N–H and O–H groups in total. The molecule has 3 rings (SSSR count). The SMILES string of the molecule is O=C(C(=O)N(Cc1ccccc1)Cc1ccccc1)N1CCCCCC1. The van der Waals surface area contributed by atoms with Crippen LogP contribution in [0.4, 0.5) is 0 Å². The Bertz CT molecular complexity index is 666. The summed E-state index contributed by atoms with van der Waals surface area (Å²) in [6, 6.07) is 19.7. The Kier molecular flexibility index (Phi) is 6.42. The number of hydrogen-bond acceptors (Lipinski definition) is 2. The van der Waals surface area contributed by atoms with Crippen LogP contribution in [0.15, 0.2) is 60.7 Å². The van der Waals surface area contributed by atoms with Crippen LogP contribution in [0.1, 0.15) is 36.8 Å². The highest BCUT2D eigenvalue weighted by molar-refractivity contribution is 6.34. The maximum absolute atomic E-state index is 13.0. The summed E-state index contributed by atoms with van der Waals surface area (Å²) in [6.07, 6.45) is 4.23. The highest BCUT2D eigenvalue weighted by atomic mass is 16.2. The number of nitrogens with zero attached hydrogens (tertiary/aromatic N) is 2. The molecule has 0 unspecified atom stereocenters. The van der Waals surface area contributed by atoms with Crippen LogP contribution in [-0.2, 0) is 22.7 Å². The second kappa shape index (κ2) is 9.18. The fourth-order valence-electron chi connectivity index (χ4n) is 3.35. The predicted molar refractivity (Wildman–Crippen MR) is 102 cm³/mol. The number of likely N-dealkylation sites (tertiary alicyclic amines) is 1. The number of rotatable bonds is 4. The number of carbonyl (C=O) groups excluding carboxylic acids is 2. The zero-order valence-corrected chi connectivity index (χ0v) is 15.1.